The molecule has 1 aromatic heterocycles. The molecule has 3 aliphatic heterocycles. The minimum absolute atomic E-state index is 0.252. The van der Waals surface area contributed by atoms with Crippen molar-refractivity contribution < 1.29 is 12.8 Å². The maximum Gasteiger partial charge on any atom is 0.281 e. The van der Waals surface area contributed by atoms with Crippen LogP contribution in [0.1, 0.15) is 18.6 Å². The Kier molecular flexibility index (Phi) is 4.35. The molecule has 3 saturated heterocycles. The molecular weight excluding hydrogens is 338 g/mol. The van der Waals surface area contributed by atoms with E-state index in [1.165, 1.54) is 4.31 Å². The smallest absolute Gasteiger partial charge is 0.281 e. The highest BCUT2D eigenvalue weighted by atomic mass is 32.2. The molecule has 0 amide bonds. The monoisotopic (exact) mass is 363 g/mol. The molecule has 0 saturated carbocycles. The lowest BCUT2D eigenvalue weighted by atomic mass is 9.95. The van der Waals surface area contributed by atoms with Gasteiger partial charge in [-0.05, 0) is 30.9 Å². The second kappa shape index (κ2) is 6.39. The average Bonchev–Trinajstić information content (AvgIpc) is 2.74. The fourth-order valence-corrected chi connectivity index (χ4v) is 5.29. The molecular formula is C18H25N3O3S. The first-order chi connectivity index (χ1) is 11.9. The van der Waals surface area contributed by atoms with Crippen molar-refractivity contribution >= 4 is 21.2 Å². The van der Waals surface area contributed by atoms with E-state index in [0.717, 1.165) is 42.7 Å². The van der Waals surface area contributed by atoms with Crippen molar-refractivity contribution in [3.05, 3.63) is 36.1 Å². The molecule has 1 aromatic carbocycles. The molecule has 7 heteroatoms. The van der Waals surface area contributed by atoms with Crippen molar-refractivity contribution in [2.45, 2.75) is 25.4 Å². The van der Waals surface area contributed by atoms with Crippen LogP contribution in [0.5, 0.6) is 0 Å². The van der Waals surface area contributed by atoms with Gasteiger partial charge in [0.25, 0.3) is 10.2 Å². The summed E-state index contributed by atoms with van der Waals surface area (Å²) >= 11 is 0. The minimum Gasteiger partial charge on any atom is -0.460 e. The third-order valence-corrected chi connectivity index (χ3v) is 7.29. The zero-order valence-corrected chi connectivity index (χ0v) is 15.6. The van der Waals surface area contributed by atoms with Crippen LogP contribution >= 0.6 is 0 Å². The number of hydrogen-bond donors (Lipinski definition) is 0. The molecule has 6 nitrogen and oxygen atoms in total. The quantitative estimate of drug-likeness (QED) is 0.835. The predicted octanol–water partition coefficient (Wildman–Crippen LogP) is 2.14. The van der Waals surface area contributed by atoms with E-state index in [1.54, 1.807) is 18.4 Å². The van der Waals surface area contributed by atoms with Gasteiger partial charge in [-0.1, -0.05) is 18.2 Å². The Balaban J connectivity index is 1.54. The summed E-state index contributed by atoms with van der Waals surface area (Å²) in [5, 5.41) is 1.12. The Bertz CT molecular complexity index is 828. The van der Waals surface area contributed by atoms with Crippen LogP contribution in [0.2, 0.25) is 0 Å². The zero-order chi connectivity index (χ0) is 17.6. The van der Waals surface area contributed by atoms with Crippen LogP contribution in [-0.2, 0) is 16.8 Å². The topological polar surface area (TPSA) is 57.0 Å². The summed E-state index contributed by atoms with van der Waals surface area (Å²) in [4.78, 5) is 2.40. The first kappa shape index (κ1) is 17.0. The van der Waals surface area contributed by atoms with Crippen LogP contribution < -0.4 is 0 Å². The van der Waals surface area contributed by atoms with E-state index < -0.39 is 10.2 Å². The number of rotatable bonds is 4. The van der Waals surface area contributed by atoms with Gasteiger partial charge in [-0.2, -0.15) is 17.0 Å². The maximum atomic E-state index is 12.6. The number of fused-ring (bicyclic) bond motifs is 5. The number of benzene rings is 1. The molecule has 2 atom stereocenters. The number of furan rings is 1. The molecule has 0 aliphatic carbocycles. The Morgan fingerprint density at radius 3 is 2.72 bits per heavy atom. The molecule has 0 spiro atoms. The van der Waals surface area contributed by atoms with Gasteiger partial charge >= 0.3 is 0 Å². The Hall–Kier alpha value is -1.41. The second-order valence-corrected chi connectivity index (χ2v) is 9.53. The largest absolute Gasteiger partial charge is 0.460 e. The molecule has 4 heterocycles. The Morgan fingerprint density at radius 1 is 1.16 bits per heavy atom. The molecule has 25 heavy (non-hydrogen) atoms. The van der Waals surface area contributed by atoms with E-state index in [-0.39, 0.29) is 6.04 Å². The fourth-order valence-electron chi connectivity index (χ4n) is 4.06. The van der Waals surface area contributed by atoms with E-state index in [1.807, 2.05) is 18.2 Å². The van der Waals surface area contributed by atoms with Crippen molar-refractivity contribution in [2.24, 2.45) is 5.92 Å². The van der Waals surface area contributed by atoms with Crippen LogP contribution in [0.4, 0.5) is 0 Å². The van der Waals surface area contributed by atoms with Gasteiger partial charge in [0, 0.05) is 45.2 Å². The van der Waals surface area contributed by atoms with Crippen molar-refractivity contribution in [3.8, 4) is 0 Å². The highest BCUT2D eigenvalue weighted by Gasteiger charge is 2.39. The van der Waals surface area contributed by atoms with E-state index in [9.17, 15) is 8.42 Å². The van der Waals surface area contributed by atoms with Crippen molar-refractivity contribution in [1.82, 2.24) is 13.5 Å². The fraction of sp³-hybridized carbons (Fsp3) is 0.556. The van der Waals surface area contributed by atoms with Gasteiger partial charge in [0.1, 0.15) is 11.3 Å². The normalized spacial score (nSPS) is 25.7. The Morgan fingerprint density at radius 2 is 1.96 bits per heavy atom. The van der Waals surface area contributed by atoms with Gasteiger partial charge in [-0.25, -0.2) is 0 Å². The van der Waals surface area contributed by atoms with Crippen LogP contribution in [0, 0.1) is 5.92 Å². The van der Waals surface area contributed by atoms with E-state index in [0.29, 0.717) is 19.0 Å². The van der Waals surface area contributed by atoms with Crippen molar-refractivity contribution in [1.29, 1.82) is 0 Å². The SMILES string of the molecule is CN(C)S(=O)(=O)N1C[C@H]2CC[C@@H](C1)N(Cc1cc3ccccc3o1)C2. The van der Waals surface area contributed by atoms with Gasteiger partial charge in [0.2, 0.25) is 0 Å². The molecule has 3 aliphatic rings. The maximum absolute atomic E-state index is 12.6. The van der Waals surface area contributed by atoms with E-state index >= 15 is 0 Å². The van der Waals surface area contributed by atoms with Crippen LogP contribution in [0.25, 0.3) is 11.0 Å². The lowest BCUT2D eigenvalue weighted by Gasteiger charge is -2.35. The molecule has 5 rings (SSSR count). The summed E-state index contributed by atoms with van der Waals surface area (Å²) < 4.78 is 34.1. The zero-order valence-electron chi connectivity index (χ0n) is 14.8. The molecule has 136 valence electrons. The van der Waals surface area contributed by atoms with Crippen LogP contribution in [0.15, 0.2) is 34.7 Å². The lowest BCUT2D eigenvalue weighted by molar-refractivity contribution is 0.117. The molecule has 0 radical (unpaired) electrons. The van der Waals surface area contributed by atoms with Gasteiger partial charge in [0.05, 0.1) is 6.54 Å². The van der Waals surface area contributed by atoms with Gasteiger partial charge in [-0.3, -0.25) is 4.90 Å². The molecule has 0 N–H and O–H groups in total. The standard InChI is InChI=1S/C18H25N3O3S/c1-19(2)25(22,23)21-11-14-7-8-16(12-21)20(10-14)13-17-9-15-5-3-4-6-18(15)24-17/h3-6,9,14,16H,7-8,10-13H2,1-2H3/t14-,16-/m0/s1. The van der Waals surface area contributed by atoms with Gasteiger partial charge < -0.3 is 4.42 Å². The van der Waals surface area contributed by atoms with Gasteiger partial charge in [0.15, 0.2) is 0 Å². The molecule has 2 bridgehead atoms. The summed E-state index contributed by atoms with van der Waals surface area (Å²) in [7, 11) is -0.138. The first-order valence-electron chi connectivity index (χ1n) is 8.82. The third kappa shape index (κ3) is 3.21. The minimum atomic E-state index is -3.35. The summed E-state index contributed by atoms with van der Waals surface area (Å²) in [5.41, 5.74) is 0.911. The van der Waals surface area contributed by atoms with E-state index in [4.69, 9.17) is 4.42 Å². The second-order valence-electron chi connectivity index (χ2n) is 7.38. The highest BCUT2D eigenvalue weighted by molar-refractivity contribution is 7.86. The summed E-state index contributed by atoms with van der Waals surface area (Å²) in [6, 6.07) is 10.4. The number of para-hydroxylation sites is 1. The first-order valence-corrected chi connectivity index (χ1v) is 10.2. The molecule has 2 aromatic rings. The number of nitrogens with zero attached hydrogens (tertiary/aromatic N) is 3. The summed E-state index contributed by atoms with van der Waals surface area (Å²) in [6.45, 7) is 2.86. The lowest BCUT2D eigenvalue weighted by Crippen LogP contribution is -2.45. The number of hydrogen-bond acceptors (Lipinski definition) is 4. The highest BCUT2D eigenvalue weighted by Crippen LogP contribution is 2.31. The molecule has 3 fully saturated rings. The van der Waals surface area contributed by atoms with Gasteiger partial charge in [-0.15, -0.1) is 0 Å². The number of piperidine rings is 1. The average molecular weight is 363 g/mol. The molecule has 0 unspecified atom stereocenters. The Labute approximate surface area is 149 Å². The summed E-state index contributed by atoms with van der Waals surface area (Å²) in [5.74, 6) is 1.34. The third-order valence-electron chi connectivity index (χ3n) is 5.42. The van der Waals surface area contributed by atoms with Crippen molar-refractivity contribution in [2.75, 3.05) is 33.7 Å². The van der Waals surface area contributed by atoms with Crippen molar-refractivity contribution in [3.63, 3.8) is 0 Å². The van der Waals surface area contributed by atoms with Crippen LogP contribution in [-0.4, -0.2) is 61.7 Å². The van der Waals surface area contributed by atoms with E-state index in [2.05, 4.69) is 17.0 Å². The predicted molar refractivity (Wildman–Crippen MR) is 97.3 cm³/mol. The summed E-state index contributed by atoms with van der Waals surface area (Å²) in [6.07, 6.45) is 2.14. The van der Waals surface area contributed by atoms with Crippen LogP contribution in [0.3, 0.4) is 0 Å².